The molecule has 0 aromatic heterocycles. The van der Waals surface area contributed by atoms with Crippen LogP contribution in [0.25, 0.3) is 0 Å². The second-order valence-electron chi connectivity index (χ2n) is 7.64. The van der Waals surface area contributed by atoms with E-state index in [-0.39, 0.29) is 6.54 Å². The fraction of sp³-hybridized carbons (Fsp3) is 0.588. The number of carbonyl (C=O) groups excluding carboxylic acids is 1. The van der Waals surface area contributed by atoms with Gasteiger partial charge in [-0.2, -0.15) is 0 Å². The van der Waals surface area contributed by atoms with Gasteiger partial charge in [0.1, 0.15) is 11.4 Å². The zero-order valence-electron chi connectivity index (χ0n) is 15.4. The highest BCUT2D eigenvalue weighted by Gasteiger charge is 2.25. The van der Waals surface area contributed by atoms with E-state index in [0.717, 1.165) is 0 Å². The van der Waals surface area contributed by atoms with E-state index in [1.807, 2.05) is 20.8 Å². The zero-order chi connectivity index (χ0) is 19.4. The molecule has 2 atom stereocenters. The van der Waals surface area contributed by atoms with E-state index >= 15 is 0 Å². The molecule has 1 aromatic rings. The van der Waals surface area contributed by atoms with Crippen molar-refractivity contribution >= 4 is 33.0 Å². The van der Waals surface area contributed by atoms with Crippen molar-refractivity contribution in [1.82, 2.24) is 10.0 Å². The first-order valence-corrected chi connectivity index (χ1v) is 9.83. The smallest absolute Gasteiger partial charge is 0.407 e. The molecule has 0 saturated carbocycles. The Kier molecular flexibility index (Phi) is 7.58. The monoisotopic (exact) mass is 436 g/mol. The lowest BCUT2D eigenvalue weighted by molar-refractivity contribution is 0.0523. The first-order chi connectivity index (χ1) is 11.3. The van der Waals surface area contributed by atoms with Gasteiger partial charge >= 0.3 is 6.09 Å². The molecule has 1 amide bonds. The molecule has 8 heteroatoms. The largest absolute Gasteiger partial charge is 0.444 e. The number of nitrogens with one attached hydrogen (secondary N) is 2. The van der Waals surface area contributed by atoms with Crippen LogP contribution in [0.2, 0.25) is 0 Å². The summed E-state index contributed by atoms with van der Waals surface area (Å²) in [4.78, 5) is 11.9. The summed E-state index contributed by atoms with van der Waals surface area (Å²) in [6.07, 6.45) is -0.587. The lowest BCUT2D eigenvalue weighted by atomic mass is 10.1. The Labute approximate surface area is 159 Å². The number of halogens is 2. The SMILES string of the molecule is CC(C)(C)OC(=O)NC[C@@H](NS(=O)C(C)(C)C)c1cc(F)cc(Br)c1. The Balaban J connectivity index is 2.95. The molecule has 0 heterocycles. The summed E-state index contributed by atoms with van der Waals surface area (Å²) in [7, 11) is -1.39. The Morgan fingerprint density at radius 3 is 2.32 bits per heavy atom. The molecule has 1 unspecified atom stereocenters. The summed E-state index contributed by atoms with van der Waals surface area (Å²) in [6, 6.07) is 3.86. The molecule has 0 fully saturated rings. The van der Waals surface area contributed by atoms with Crippen LogP contribution in [0.15, 0.2) is 22.7 Å². The van der Waals surface area contributed by atoms with Gasteiger partial charge in [-0.25, -0.2) is 18.1 Å². The minimum atomic E-state index is -1.39. The molecule has 1 aromatic carbocycles. The Hall–Kier alpha value is -0.990. The van der Waals surface area contributed by atoms with Crippen LogP contribution in [-0.2, 0) is 15.7 Å². The first-order valence-electron chi connectivity index (χ1n) is 7.89. The van der Waals surface area contributed by atoms with Gasteiger partial charge in [0, 0.05) is 11.0 Å². The Morgan fingerprint density at radius 1 is 1.24 bits per heavy atom. The third kappa shape index (κ3) is 8.29. The van der Waals surface area contributed by atoms with E-state index in [9.17, 15) is 13.4 Å². The third-order valence-corrected chi connectivity index (χ3v) is 5.01. The van der Waals surface area contributed by atoms with Crippen LogP contribution < -0.4 is 10.0 Å². The summed E-state index contributed by atoms with van der Waals surface area (Å²) in [6.45, 7) is 10.9. The fourth-order valence-corrected chi connectivity index (χ4v) is 3.12. The number of ether oxygens (including phenoxy) is 1. The van der Waals surface area contributed by atoms with Crippen molar-refractivity contribution in [2.45, 2.75) is 57.9 Å². The molecule has 25 heavy (non-hydrogen) atoms. The maximum Gasteiger partial charge on any atom is 0.407 e. The van der Waals surface area contributed by atoms with Crippen LogP contribution in [0.4, 0.5) is 9.18 Å². The minimum absolute atomic E-state index is 0.104. The quantitative estimate of drug-likeness (QED) is 0.726. The topological polar surface area (TPSA) is 67.4 Å². The molecule has 0 saturated heterocycles. The Bertz CT molecular complexity index is 622. The first kappa shape index (κ1) is 22.1. The van der Waals surface area contributed by atoms with E-state index in [1.165, 1.54) is 12.1 Å². The predicted octanol–water partition coefficient (Wildman–Crippen LogP) is 4.21. The standard InChI is InChI=1S/C17H26BrFN2O3S/c1-16(2,3)24-15(22)20-10-14(21-25(23)17(4,5)6)11-7-12(18)9-13(19)8-11/h7-9,14,21H,10H2,1-6H3,(H,20,22)/t14-,25?/m1/s1. The van der Waals surface area contributed by atoms with E-state index in [4.69, 9.17) is 4.74 Å². The van der Waals surface area contributed by atoms with Crippen LogP contribution in [0.3, 0.4) is 0 Å². The zero-order valence-corrected chi connectivity index (χ0v) is 17.8. The lowest BCUT2D eigenvalue weighted by Crippen LogP contribution is -2.42. The van der Waals surface area contributed by atoms with Crippen LogP contribution in [0.1, 0.15) is 53.1 Å². The fourth-order valence-electron chi connectivity index (χ4n) is 1.81. The molecule has 142 valence electrons. The van der Waals surface area contributed by atoms with Gasteiger partial charge in [-0.15, -0.1) is 0 Å². The number of rotatable bonds is 5. The normalized spacial score (nSPS) is 14.7. The molecule has 5 nitrogen and oxygen atoms in total. The van der Waals surface area contributed by atoms with Gasteiger partial charge in [-0.05, 0) is 65.3 Å². The van der Waals surface area contributed by atoms with Crippen molar-refractivity contribution in [2.75, 3.05) is 6.54 Å². The lowest BCUT2D eigenvalue weighted by Gasteiger charge is -2.26. The van der Waals surface area contributed by atoms with E-state index in [2.05, 4.69) is 26.0 Å². The van der Waals surface area contributed by atoms with Gasteiger partial charge in [0.15, 0.2) is 0 Å². The van der Waals surface area contributed by atoms with Gasteiger partial charge in [0.25, 0.3) is 0 Å². The summed E-state index contributed by atoms with van der Waals surface area (Å²) in [5.74, 6) is -0.421. The number of hydrogen-bond acceptors (Lipinski definition) is 3. The van der Waals surface area contributed by atoms with E-state index in [0.29, 0.717) is 10.0 Å². The number of benzene rings is 1. The second kappa shape index (κ2) is 8.60. The minimum Gasteiger partial charge on any atom is -0.444 e. The van der Waals surface area contributed by atoms with Gasteiger partial charge < -0.3 is 10.1 Å². The maximum absolute atomic E-state index is 13.7. The van der Waals surface area contributed by atoms with Crippen LogP contribution >= 0.6 is 15.9 Å². The molecular formula is C17H26BrFN2O3S. The van der Waals surface area contributed by atoms with Crippen molar-refractivity contribution in [1.29, 1.82) is 0 Å². The summed E-state index contributed by atoms with van der Waals surface area (Å²) >= 11 is 3.25. The van der Waals surface area contributed by atoms with Crippen LogP contribution in [0, 0.1) is 5.82 Å². The second-order valence-corrected chi connectivity index (χ2v) is 10.6. The molecule has 0 aliphatic heterocycles. The van der Waals surface area contributed by atoms with E-state index in [1.54, 1.807) is 26.8 Å². The molecule has 0 radical (unpaired) electrons. The molecule has 0 aliphatic rings. The molecule has 0 bridgehead atoms. The molecular weight excluding hydrogens is 411 g/mol. The Morgan fingerprint density at radius 2 is 1.84 bits per heavy atom. The van der Waals surface area contributed by atoms with Crippen molar-refractivity contribution in [3.63, 3.8) is 0 Å². The van der Waals surface area contributed by atoms with Crippen molar-refractivity contribution in [2.24, 2.45) is 0 Å². The number of carbonyl (C=O) groups is 1. The van der Waals surface area contributed by atoms with Gasteiger partial charge in [0.05, 0.1) is 21.8 Å². The van der Waals surface area contributed by atoms with E-state index < -0.39 is 39.3 Å². The number of hydrogen-bond donors (Lipinski definition) is 2. The molecule has 0 aliphatic carbocycles. The maximum atomic E-state index is 13.7. The number of amides is 1. The summed E-state index contributed by atoms with van der Waals surface area (Å²) < 4.78 is 34.4. The predicted molar refractivity (Wildman–Crippen MR) is 102 cm³/mol. The van der Waals surface area contributed by atoms with Gasteiger partial charge in [0.2, 0.25) is 0 Å². The average molecular weight is 437 g/mol. The van der Waals surface area contributed by atoms with Crippen LogP contribution in [-0.4, -0.2) is 27.2 Å². The van der Waals surface area contributed by atoms with Crippen molar-refractivity contribution < 1.29 is 18.1 Å². The highest BCUT2D eigenvalue weighted by atomic mass is 79.9. The third-order valence-electron chi connectivity index (χ3n) is 2.94. The van der Waals surface area contributed by atoms with Gasteiger partial charge in [-0.1, -0.05) is 15.9 Å². The highest BCUT2D eigenvalue weighted by Crippen LogP contribution is 2.22. The highest BCUT2D eigenvalue weighted by molar-refractivity contribution is 9.10. The molecule has 2 N–H and O–H groups in total. The van der Waals surface area contributed by atoms with Crippen LogP contribution in [0.5, 0.6) is 0 Å². The summed E-state index contributed by atoms with van der Waals surface area (Å²) in [5, 5.41) is 2.64. The molecule has 0 spiro atoms. The number of alkyl carbamates (subject to hydrolysis) is 1. The van der Waals surface area contributed by atoms with Crippen molar-refractivity contribution in [3.8, 4) is 0 Å². The van der Waals surface area contributed by atoms with Crippen molar-refractivity contribution in [3.05, 3.63) is 34.1 Å². The summed E-state index contributed by atoms with van der Waals surface area (Å²) in [5.41, 5.74) is -0.0520. The molecule has 1 rings (SSSR count). The van der Waals surface area contributed by atoms with Gasteiger partial charge in [-0.3, -0.25) is 0 Å². The average Bonchev–Trinajstić information content (AvgIpc) is 2.38.